The maximum Gasteiger partial charge on any atom is 0.460 e. The van der Waals surface area contributed by atoms with Crippen LogP contribution < -0.4 is 0 Å². The topological polar surface area (TPSA) is 90.4 Å². The minimum atomic E-state index is -8.31. The number of sulfone groups is 1. The molecule has 192 valence electrons. The molecule has 0 aromatic carbocycles. The molecule has 0 saturated heterocycles. The lowest BCUT2D eigenvalue weighted by Gasteiger charge is -2.39. The number of alkyl halides is 13. The molecule has 1 unspecified atom stereocenters. The van der Waals surface area contributed by atoms with E-state index in [0.29, 0.717) is 12.3 Å². The van der Waals surface area contributed by atoms with Gasteiger partial charge < -0.3 is 4.42 Å². The summed E-state index contributed by atoms with van der Waals surface area (Å²) >= 11 is 0. The number of halogens is 13. The largest absolute Gasteiger partial charge is 0.469 e. The Morgan fingerprint density at radius 1 is 0.848 bits per heavy atom. The van der Waals surface area contributed by atoms with Crippen molar-refractivity contribution in [3.05, 3.63) is 34.3 Å². The number of nitrogens with zero attached hydrogens (tertiary/aromatic N) is 1. The van der Waals surface area contributed by atoms with Crippen LogP contribution in [0.3, 0.4) is 0 Å². The maximum atomic E-state index is 14.0. The first-order chi connectivity index (χ1) is 14.4. The summed E-state index contributed by atoms with van der Waals surface area (Å²) in [6.07, 6.45) is -6.98. The zero-order valence-electron chi connectivity index (χ0n) is 15.0. The van der Waals surface area contributed by atoms with Gasteiger partial charge in [-0.3, -0.25) is 10.1 Å². The van der Waals surface area contributed by atoms with Gasteiger partial charge in [-0.2, -0.15) is 57.1 Å². The summed E-state index contributed by atoms with van der Waals surface area (Å²) < 4.78 is 198. The molecule has 0 spiro atoms. The lowest BCUT2D eigenvalue weighted by Crippen LogP contribution is -2.71. The van der Waals surface area contributed by atoms with Crippen molar-refractivity contribution in [2.24, 2.45) is 0 Å². The zero-order valence-corrected chi connectivity index (χ0v) is 15.9. The van der Waals surface area contributed by atoms with E-state index >= 15 is 0 Å². The standard InChI is InChI=1S/C13H8F13NO5S/c14-8(15,10(18,19)12(22,23)24)9(16,17)11(20,21)13(25,26)33(30,31)5-6(4-27(28)29)7-2-1-3-32-7/h1-3,6H,4-5H2. The Kier molecular flexibility index (Phi) is 7.13. The van der Waals surface area contributed by atoms with Crippen LogP contribution in [0.4, 0.5) is 57.1 Å². The molecule has 1 aromatic rings. The van der Waals surface area contributed by atoms with Gasteiger partial charge in [0.1, 0.15) is 5.76 Å². The SMILES string of the molecule is O=[N+]([O-])CC(CS(=O)(=O)C(F)(F)C(F)(F)C(F)(F)C(F)(F)C(F)(F)C(F)(F)F)c1ccco1. The van der Waals surface area contributed by atoms with Crippen LogP contribution in [-0.2, 0) is 9.84 Å². The van der Waals surface area contributed by atoms with E-state index in [1.54, 1.807) is 0 Å². The van der Waals surface area contributed by atoms with Crippen LogP contribution in [0.15, 0.2) is 22.8 Å². The van der Waals surface area contributed by atoms with Crippen molar-refractivity contribution in [3.8, 4) is 0 Å². The van der Waals surface area contributed by atoms with E-state index < -0.39 is 73.9 Å². The van der Waals surface area contributed by atoms with Gasteiger partial charge in [0.25, 0.3) is 0 Å². The van der Waals surface area contributed by atoms with Gasteiger partial charge in [-0.25, -0.2) is 8.42 Å². The molecule has 0 fully saturated rings. The number of furan rings is 1. The quantitative estimate of drug-likeness (QED) is 0.244. The number of hydrogen-bond acceptors (Lipinski definition) is 5. The molecule has 1 rings (SSSR count). The van der Waals surface area contributed by atoms with E-state index in [4.69, 9.17) is 0 Å². The third kappa shape index (κ3) is 4.44. The van der Waals surface area contributed by atoms with Crippen LogP contribution in [0.2, 0.25) is 0 Å². The molecule has 0 aliphatic carbocycles. The van der Waals surface area contributed by atoms with E-state index in [1.165, 1.54) is 0 Å². The van der Waals surface area contributed by atoms with Crippen molar-refractivity contribution in [2.45, 2.75) is 41.0 Å². The minimum Gasteiger partial charge on any atom is -0.469 e. The molecule has 0 bridgehead atoms. The number of nitro groups is 1. The van der Waals surface area contributed by atoms with Gasteiger partial charge in [-0.1, -0.05) is 0 Å². The molecule has 1 heterocycles. The fraction of sp³-hybridized carbons (Fsp3) is 0.692. The van der Waals surface area contributed by atoms with Gasteiger partial charge in [-0.15, -0.1) is 0 Å². The van der Waals surface area contributed by atoms with Crippen molar-refractivity contribution in [1.29, 1.82) is 0 Å². The minimum absolute atomic E-state index is 0.676. The summed E-state index contributed by atoms with van der Waals surface area (Å²) in [5.74, 6) is -38.5. The second-order valence-corrected chi connectivity index (χ2v) is 8.40. The lowest BCUT2D eigenvalue weighted by molar-refractivity contribution is -0.483. The van der Waals surface area contributed by atoms with Crippen LogP contribution in [0.1, 0.15) is 11.7 Å². The Balaban J connectivity index is 3.55. The van der Waals surface area contributed by atoms with E-state index in [2.05, 4.69) is 4.42 Å². The van der Waals surface area contributed by atoms with E-state index in [0.717, 1.165) is 6.07 Å². The van der Waals surface area contributed by atoms with Gasteiger partial charge >= 0.3 is 35.1 Å². The number of hydrogen-bond donors (Lipinski definition) is 0. The maximum absolute atomic E-state index is 14.0. The van der Waals surface area contributed by atoms with Crippen molar-refractivity contribution < 1.29 is 74.8 Å². The molecule has 0 radical (unpaired) electrons. The summed E-state index contributed by atoms with van der Waals surface area (Å²) in [6.45, 7) is -1.67. The van der Waals surface area contributed by atoms with Gasteiger partial charge in [0.05, 0.1) is 17.9 Å². The lowest BCUT2D eigenvalue weighted by atomic mass is 9.98. The summed E-state index contributed by atoms with van der Waals surface area (Å²) in [6, 6.07) is 1.57. The van der Waals surface area contributed by atoms with Crippen LogP contribution in [0, 0.1) is 10.1 Å². The summed E-state index contributed by atoms with van der Waals surface area (Å²) in [4.78, 5) is 9.16. The van der Waals surface area contributed by atoms with Crippen molar-refractivity contribution in [2.75, 3.05) is 12.3 Å². The molecular weight excluding hydrogens is 529 g/mol. The molecule has 0 saturated carbocycles. The molecule has 0 amide bonds. The van der Waals surface area contributed by atoms with Crippen molar-refractivity contribution in [3.63, 3.8) is 0 Å². The summed E-state index contributed by atoms with van der Waals surface area (Å²) in [5, 5.41) is 3.14. The average molecular weight is 537 g/mol. The first-order valence-electron chi connectivity index (χ1n) is 7.71. The highest BCUT2D eigenvalue weighted by atomic mass is 32.2. The Morgan fingerprint density at radius 2 is 1.30 bits per heavy atom. The first kappa shape index (κ1) is 28.8. The predicted octanol–water partition coefficient (Wildman–Crippen LogP) is 4.75. The highest BCUT2D eigenvalue weighted by Gasteiger charge is 2.92. The molecular formula is C13H8F13NO5S. The average Bonchev–Trinajstić information content (AvgIpc) is 3.13. The second kappa shape index (κ2) is 8.19. The van der Waals surface area contributed by atoms with E-state index in [9.17, 15) is 75.6 Å². The molecule has 1 aromatic heterocycles. The molecule has 6 nitrogen and oxygen atoms in total. The summed E-state index contributed by atoms with van der Waals surface area (Å²) in [5.41, 5.74) is 0. The third-order valence-corrected chi connectivity index (χ3v) is 5.91. The normalized spacial score (nSPS) is 16.0. The second-order valence-electron chi connectivity index (χ2n) is 6.32. The molecule has 20 heteroatoms. The van der Waals surface area contributed by atoms with Gasteiger partial charge in [0, 0.05) is 4.92 Å². The van der Waals surface area contributed by atoms with Crippen LogP contribution in [0.25, 0.3) is 0 Å². The molecule has 33 heavy (non-hydrogen) atoms. The fourth-order valence-corrected chi connectivity index (χ4v) is 3.78. The van der Waals surface area contributed by atoms with Crippen molar-refractivity contribution in [1.82, 2.24) is 0 Å². The molecule has 0 N–H and O–H groups in total. The van der Waals surface area contributed by atoms with Crippen LogP contribution in [0.5, 0.6) is 0 Å². The Morgan fingerprint density at radius 3 is 1.67 bits per heavy atom. The van der Waals surface area contributed by atoms with E-state index in [-0.39, 0.29) is 0 Å². The highest BCUT2D eigenvalue weighted by molar-refractivity contribution is 7.92. The van der Waals surface area contributed by atoms with E-state index in [1.807, 2.05) is 0 Å². The monoisotopic (exact) mass is 537 g/mol. The molecule has 1 atom stereocenters. The molecule has 0 aliphatic rings. The third-order valence-electron chi connectivity index (χ3n) is 4.03. The fourth-order valence-electron chi connectivity index (χ4n) is 2.25. The Hall–Kier alpha value is -2.28. The first-order valence-corrected chi connectivity index (χ1v) is 9.37. The van der Waals surface area contributed by atoms with Crippen molar-refractivity contribution >= 4 is 9.84 Å². The smallest absolute Gasteiger partial charge is 0.460 e. The Labute approximate surface area is 173 Å². The number of rotatable bonds is 10. The van der Waals surface area contributed by atoms with Crippen LogP contribution in [-0.4, -0.2) is 60.8 Å². The predicted molar refractivity (Wildman–Crippen MR) is 77.9 cm³/mol. The Bertz CT molecular complexity index is 956. The highest BCUT2D eigenvalue weighted by Crippen LogP contribution is 2.61. The van der Waals surface area contributed by atoms with Gasteiger partial charge in [0.2, 0.25) is 16.4 Å². The van der Waals surface area contributed by atoms with Crippen LogP contribution >= 0.6 is 0 Å². The zero-order chi connectivity index (χ0) is 26.5. The molecule has 0 aliphatic heterocycles. The van der Waals surface area contributed by atoms with Gasteiger partial charge in [0.15, 0.2) is 0 Å². The van der Waals surface area contributed by atoms with Gasteiger partial charge in [-0.05, 0) is 12.1 Å². The summed E-state index contributed by atoms with van der Waals surface area (Å²) in [7, 11) is -7.20.